The zero-order valence-electron chi connectivity index (χ0n) is 7.85. The highest BCUT2D eigenvalue weighted by Crippen LogP contribution is 2.24. The fraction of sp³-hybridized carbons (Fsp3) is 0.154. The molecule has 0 amide bonds. The minimum Gasteiger partial charge on any atom is -0.192 e. The maximum Gasteiger partial charge on any atom is 0.0991 e. The van der Waals surface area contributed by atoms with Crippen LogP contribution in [-0.2, 0) is 0 Å². The van der Waals surface area contributed by atoms with Gasteiger partial charge in [0, 0.05) is 5.92 Å². The second-order valence-electron chi connectivity index (χ2n) is 3.39. The molecule has 1 heteroatoms. The van der Waals surface area contributed by atoms with E-state index in [1.54, 1.807) is 0 Å². The lowest BCUT2D eigenvalue weighted by molar-refractivity contribution is 0.853. The van der Waals surface area contributed by atoms with Crippen molar-refractivity contribution in [3.8, 4) is 6.07 Å². The van der Waals surface area contributed by atoms with Crippen LogP contribution in [0.25, 0.3) is 0 Å². The molecule has 0 fully saturated rings. The van der Waals surface area contributed by atoms with Gasteiger partial charge in [-0.15, -0.1) is 0 Å². The summed E-state index contributed by atoms with van der Waals surface area (Å²) in [5.41, 5.74) is 2.01. The summed E-state index contributed by atoms with van der Waals surface area (Å²) in [6.07, 6.45) is 9.57. The van der Waals surface area contributed by atoms with Gasteiger partial charge in [-0.25, -0.2) is 0 Å². The zero-order chi connectivity index (χ0) is 9.80. The zero-order valence-corrected chi connectivity index (χ0v) is 7.85. The molecule has 0 radical (unpaired) electrons. The Bertz CT molecular complexity index is 404. The van der Waals surface area contributed by atoms with Crippen LogP contribution in [0.3, 0.4) is 0 Å². The van der Waals surface area contributed by atoms with Gasteiger partial charge in [0.25, 0.3) is 0 Å². The van der Waals surface area contributed by atoms with Crippen LogP contribution in [0.4, 0.5) is 0 Å². The molecule has 1 nitrogen and oxygen atoms in total. The van der Waals surface area contributed by atoms with Crippen LogP contribution >= 0.6 is 0 Å². The Balaban J connectivity index is 2.21. The molecule has 1 unspecified atom stereocenters. The first-order valence-corrected chi connectivity index (χ1v) is 4.73. The van der Waals surface area contributed by atoms with E-state index >= 15 is 0 Å². The van der Waals surface area contributed by atoms with Gasteiger partial charge >= 0.3 is 0 Å². The predicted molar refractivity (Wildman–Crippen MR) is 56.8 cm³/mol. The summed E-state index contributed by atoms with van der Waals surface area (Å²) in [5, 5.41) is 8.66. The van der Waals surface area contributed by atoms with Gasteiger partial charge in [-0.3, -0.25) is 0 Å². The molecule has 0 saturated carbocycles. The molecule has 68 valence electrons. The number of hydrogen-bond acceptors (Lipinski definition) is 1. The Morgan fingerprint density at radius 1 is 1.14 bits per heavy atom. The van der Waals surface area contributed by atoms with Crippen molar-refractivity contribution in [1.82, 2.24) is 0 Å². The van der Waals surface area contributed by atoms with Crippen molar-refractivity contribution in [2.45, 2.75) is 12.3 Å². The molecule has 0 N–H and O–H groups in total. The van der Waals surface area contributed by atoms with Gasteiger partial charge in [0.1, 0.15) is 0 Å². The summed E-state index contributed by atoms with van der Waals surface area (Å²) in [6.45, 7) is 0. The molecular weight excluding hydrogens is 170 g/mol. The molecule has 0 saturated heterocycles. The van der Waals surface area contributed by atoms with Gasteiger partial charge in [0.05, 0.1) is 11.6 Å². The molecule has 14 heavy (non-hydrogen) atoms. The van der Waals surface area contributed by atoms with Crippen LogP contribution in [0.15, 0.2) is 48.6 Å². The predicted octanol–water partition coefficient (Wildman–Crippen LogP) is 3.16. The average Bonchev–Trinajstić information content (AvgIpc) is 2.30. The smallest absolute Gasteiger partial charge is 0.0991 e. The quantitative estimate of drug-likeness (QED) is 0.652. The first kappa shape index (κ1) is 8.77. The van der Waals surface area contributed by atoms with Crippen molar-refractivity contribution < 1.29 is 0 Å². The summed E-state index contributed by atoms with van der Waals surface area (Å²) < 4.78 is 0. The van der Waals surface area contributed by atoms with Crippen LogP contribution in [0, 0.1) is 11.3 Å². The lowest BCUT2D eigenvalue weighted by atomic mass is 9.92. The van der Waals surface area contributed by atoms with Gasteiger partial charge in [-0.1, -0.05) is 36.4 Å². The van der Waals surface area contributed by atoms with E-state index < -0.39 is 0 Å². The summed E-state index contributed by atoms with van der Waals surface area (Å²) >= 11 is 0. The van der Waals surface area contributed by atoms with Gasteiger partial charge < -0.3 is 0 Å². The van der Waals surface area contributed by atoms with Crippen molar-refractivity contribution in [2.75, 3.05) is 0 Å². The molecule has 0 bridgehead atoms. The van der Waals surface area contributed by atoms with Crippen molar-refractivity contribution in [2.24, 2.45) is 0 Å². The summed E-state index contributed by atoms with van der Waals surface area (Å²) in [4.78, 5) is 0. The standard InChI is InChI=1S/C13H11N/c14-10-11-6-8-13(9-7-11)12-4-2-1-3-5-12/h1-4,6-9,12H,5H2. The van der Waals surface area contributed by atoms with Crippen LogP contribution in [0.2, 0.25) is 0 Å². The van der Waals surface area contributed by atoms with Crippen LogP contribution < -0.4 is 0 Å². The topological polar surface area (TPSA) is 23.8 Å². The summed E-state index contributed by atoms with van der Waals surface area (Å²) in [7, 11) is 0. The summed E-state index contributed by atoms with van der Waals surface area (Å²) in [5.74, 6) is 0.479. The van der Waals surface area contributed by atoms with E-state index in [1.807, 2.05) is 24.3 Å². The lowest BCUT2D eigenvalue weighted by Crippen LogP contribution is -1.95. The molecule has 2 rings (SSSR count). The average molecular weight is 181 g/mol. The number of rotatable bonds is 1. The molecule has 0 spiro atoms. The number of benzene rings is 1. The SMILES string of the molecule is N#Cc1ccc(C2C=CC=CC2)cc1. The highest BCUT2D eigenvalue weighted by Gasteiger charge is 2.07. The Labute approximate surface area is 84.0 Å². The number of nitrogens with zero attached hydrogens (tertiary/aromatic N) is 1. The van der Waals surface area contributed by atoms with Gasteiger partial charge in [0.2, 0.25) is 0 Å². The van der Waals surface area contributed by atoms with Gasteiger partial charge in [-0.2, -0.15) is 5.26 Å². The molecule has 1 aromatic carbocycles. The van der Waals surface area contributed by atoms with Crippen LogP contribution in [-0.4, -0.2) is 0 Å². The highest BCUT2D eigenvalue weighted by atomic mass is 14.2. The molecule has 0 heterocycles. The van der Waals surface area contributed by atoms with E-state index in [1.165, 1.54) is 5.56 Å². The third kappa shape index (κ3) is 1.75. The van der Waals surface area contributed by atoms with Gasteiger partial charge in [-0.05, 0) is 24.1 Å². The largest absolute Gasteiger partial charge is 0.192 e. The normalized spacial score (nSPS) is 19.2. The minimum absolute atomic E-state index is 0.479. The van der Waals surface area contributed by atoms with E-state index in [4.69, 9.17) is 5.26 Å². The van der Waals surface area contributed by atoms with E-state index in [0.717, 1.165) is 12.0 Å². The van der Waals surface area contributed by atoms with E-state index in [9.17, 15) is 0 Å². The van der Waals surface area contributed by atoms with Gasteiger partial charge in [0.15, 0.2) is 0 Å². The van der Waals surface area contributed by atoms with Crippen molar-refractivity contribution >= 4 is 0 Å². The monoisotopic (exact) mass is 181 g/mol. The van der Waals surface area contributed by atoms with Crippen molar-refractivity contribution in [1.29, 1.82) is 5.26 Å². The molecule has 1 atom stereocenters. The maximum absolute atomic E-state index is 8.66. The molecule has 1 aliphatic rings. The summed E-state index contributed by atoms with van der Waals surface area (Å²) in [6, 6.07) is 9.95. The maximum atomic E-state index is 8.66. The fourth-order valence-electron chi connectivity index (χ4n) is 1.63. The Kier molecular flexibility index (Phi) is 2.46. The van der Waals surface area contributed by atoms with E-state index in [0.29, 0.717) is 5.92 Å². The van der Waals surface area contributed by atoms with Crippen LogP contribution in [0.1, 0.15) is 23.5 Å². The first-order valence-electron chi connectivity index (χ1n) is 4.73. The first-order chi connectivity index (χ1) is 6.90. The van der Waals surface area contributed by atoms with Crippen LogP contribution in [0.5, 0.6) is 0 Å². The fourth-order valence-corrected chi connectivity index (χ4v) is 1.63. The Hall–Kier alpha value is -1.81. The van der Waals surface area contributed by atoms with E-state index in [-0.39, 0.29) is 0 Å². The second-order valence-corrected chi connectivity index (χ2v) is 3.39. The Morgan fingerprint density at radius 2 is 1.93 bits per heavy atom. The van der Waals surface area contributed by atoms with Crippen molar-refractivity contribution in [3.05, 3.63) is 59.7 Å². The third-order valence-corrected chi connectivity index (χ3v) is 2.45. The molecule has 1 aliphatic carbocycles. The Morgan fingerprint density at radius 3 is 2.50 bits per heavy atom. The number of allylic oxidation sites excluding steroid dienone is 4. The van der Waals surface area contributed by atoms with Crippen molar-refractivity contribution in [3.63, 3.8) is 0 Å². The number of hydrogen-bond donors (Lipinski definition) is 0. The lowest BCUT2D eigenvalue weighted by Gasteiger charge is -2.12. The number of nitriles is 1. The highest BCUT2D eigenvalue weighted by molar-refractivity contribution is 5.35. The van der Waals surface area contributed by atoms with E-state index in [2.05, 4.69) is 30.4 Å². The minimum atomic E-state index is 0.479. The molecule has 0 aliphatic heterocycles. The molecule has 1 aromatic rings. The molecule has 0 aromatic heterocycles. The molecular formula is C13H11N. The second kappa shape index (κ2) is 3.93. The third-order valence-electron chi connectivity index (χ3n) is 2.45.